The molecule has 3 rings (SSSR count). The lowest BCUT2D eigenvalue weighted by Gasteiger charge is -2.40. The smallest absolute Gasteiger partial charge is 0.322 e. The molecule has 1 aromatic carbocycles. The summed E-state index contributed by atoms with van der Waals surface area (Å²) in [5, 5.41) is 15.8. The molecule has 3 atom stereocenters. The van der Waals surface area contributed by atoms with Crippen molar-refractivity contribution >= 4 is 11.9 Å². The Labute approximate surface area is 148 Å². The number of urea groups is 1. The van der Waals surface area contributed by atoms with Crippen molar-refractivity contribution in [3.63, 3.8) is 0 Å². The highest BCUT2D eigenvalue weighted by Gasteiger charge is 2.48. The van der Waals surface area contributed by atoms with Crippen LogP contribution < -0.4 is 10.6 Å². The number of aliphatic hydroxyl groups is 1. The molecule has 0 bridgehead atoms. The third kappa shape index (κ3) is 3.70. The second-order valence-electron chi connectivity index (χ2n) is 7.65. The van der Waals surface area contributed by atoms with Gasteiger partial charge in [0.15, 0.2) is 0 Å². The van der Waals surface area contributed by atoms with E-state index in [1.807, 2.05) is 26.0 Å². The van der Waals surface area contributed by atoms with Crippen molar-refractivity contribution in [3.05, 3.63) is 34.9 Å². The molecule has 3 unspecified atom stereocenters. The number of aliphatic hydroxyl groups excluding tert-OH is 1. The normalized spacial score (nSPS) is 28.6. The lowest BCUT2D eigenvalue weighted by Crippen LogP contribution is -2.56. The zero-order valence-electron chi connectivity index (χ0n) is 15.1. The van der Waals surface area contributed by atoms with Gasteiger partial charge in [-0.2, -0.15) is 0 Å². The van der Waals surface area contributed by atoms with Crippen LogP contribution in [0.4, 0.5) is 4.79 Å². The van der Waals surface area contributed by atoms with Crippen molar-refractivity contribution in [3.8, 4) is 0 Å². The Kier molecular flexibility index (Phi) is 4.84. The van der Waals surface area contributed by atoms with Crippen molar-refractivity contribution < 1.29 is 14.7 Å². The van der Waals surface area contributed by atoms with E-state index in [-0.39, 0.29) is 11.8 Å². The number of benzene rings is 1. The topological polar surface area (TPSA) is 81.7 Å². The summed E-state index contributed by atoms with van der Waals surface area (Å²) < 4.78 is 0. The van der Waals surface area contributed by atoms with Crippen LogP contribution in [-0.4, -0.2) is 47.1 Å². The van der Waals surface area contributed by atoms with E-state index in [2.05, 4.69) is 21.6 Å². The van der Waals surface area contributed by atoms with Gasteiger partial charge in [0, 0.05) is 19.0 Å². The Morgan fingerprint density at radius 1 is 1.28 bits per heavy atom. The predicted molar refractivity (Wildman–Crippen MR) is 95.1 cm³/mol. The first kappa shape index (κ1) is 17.9. The van der Waals surface area contributed by atoms with Crippen LogP contribution >= 0.6 is 0 Å². The number of hydrogen-bond donors (Lipinski definition) is 3. The summed E-state index contributed by atoms with van der Waals surface area (Å²) in [6.07, 6.45) is 1.28. The summed E-state index contributed by atoms with van der Waals surface area (Å²) in [7, 11) is 0. The molecule has 2 aliphatic heterocycles. The van der Waals surface area contributed by atoms with E-state index >= 15 is 0 Å². The van der Waals surface area contributed by atoms with Crippen molar-refractivity contribution in [1.82, 2.24) is 15.5 Å². The van der Waals surface area contributed by atoms with E-state index < -0.39 is 17.7 Å². The second kappa shape index (κ2) is 6.77. The summed E-state index contributed by atoms with van der Waals surface area (Å²) in [4.78, 5) is 25.9. The van der Waals surface area contributed by atoms with Crippen molar-refractivity contribution in [2.75, 3.05) is 19.6 Å². The first-order chi connectivity index (χ1) is 11.8. The fourth-order valence-electron chi connectivity index (χ4n) is 4.09. The van der Waals surface area contributed by atoms with Crippen LogP contribution in [0.25, 0.3) is 0 Å². The molecule has 0 radical (unpaired) electrons. The Morgan fingerprint density at radius 2 is 1.96 bits per heavy atom. The van der Waals surface area contributed by atoms with Gasteiger partial charge >= 0.3 is 6.03 Å². The Bertz CT molecular complexity index is 670. The quantitative estimate of drug-likeness (QED) is 0.725. The van der Waals surface area contributed by atoms with Gasteiger partial charge in [0.1, 0.15) is 5.54 Å². The molecule has 3 amide bonds. The van der Waals surface area contributed by atoms with E-state index in [4.69, 9.17) is 0 Å². The lowest BCUT2D eigenvalue weighted by atomic mass is 9.80. The fraction of sp³-hybridized carbons (Fsp3) is 0.579. The lowest BCUT2D eigenvalue weighted by molar-refractivity contribution is -0.126. The number of hydrogen-bond acceptors (Lipinski definition) is 4. The third-order valence-electron chi connectivity index (χ3n) is 5.45. The van der Waals surface area contributed by atoms with Crippen LogP contribution in [0.2, 0.25) is 0 Å². The van der Waals surface area contributed by atoms with E-state index in [9.17, 15) is 14.7 Å². The maximum Gasteiger partial charge on any atom is 0.322 e. The highest BCUT2D eigenvalue weighted by Crippen LogP contribution is 2.30. The molecule has 1 aromatic rings. The summed E-state index contributed by atoms with van der Waals surface area (Å²) in [5.74, 6) is -0.210. The molecule has 0 aliphatic carbocycles. The fourth-order valence-corrected chi connectivity index (χ4v) is 4.09. The molecule has 2 aliphatic rings. The number of piperidine rings is 1. The van der Waals surface area contributed by atoms with Gasteiger partial charge < -0.3 is 15.3 Å². The average Bonchev–Trinajstić information content (AvgIpc) is 2.80. The van der Waals surface area contributed by atoms with Gasteiger partial charge in [-0.3, -0.25) is 10.1 Å². The summed E-state index contributed by atoms with van der Waals surface area (Å²) >= 11 is 0. The van der Waals surface area contributed by atoms with Crippen LogP contribution in [0.5, 0.6) is 0 Å². The standard InChI is InChI=1S/C19H27N3O3/c1-12-7-13(2)9-14(8-12)16(23)11-22-6-4-5-15(10-22)19(3)17(24)20-18(25)21-19/h7-9,15-16,23H,4-6,10-11H2,1-3H3,(H2,20,21,24,25). The number of likely N-dealkylation sites (tertiary alicyclic amines) is 1. The van der Waals surface area contributed by atoms with Crippen LogP contribution in [-0.2, 0) is 4.79 Å². The minimum absolute atomic E-state index is 0.0409. The number of carbonyl (C=O) groups is 2. The van der Waals surface area contributed by atoms with E-state index in [0.29, 0.717) is 13.1 Å². The molecule has 0 aromatic heterocycles. The number of nitrogens with zero attached hydrogens (tertiary/aromatic N) is 1. The van der Waals surface area contributed by atoms with Crippen LogP contribution in [0.1, 0.15) is 42.6 Å². The monoisotopic (exact) mass is 345 g/mol. The van der Waals surface area contributed by atoms with E-state index in [0.717, 1.165) is 36.1 Å². The summed E-state index contributed by atoms with van der Waals surface area (Å²) in [6, 6.07) is 5.71. The summed E-state index contributed by atoms with van der Waals surface area (Å²) in [6.45, 7) is 7.97. The van der Waals surface area contributed by atoms with Gasteiger partial charge in [-0.15, -0.1) is 0 Å². The molecule has 6 heteroatoms. The van der Waals surface area contributed by atoms with Crippen molar-refractivity contribution in [1.29, 1.82) is 0 Å². The van der Waals surface area contributed by atoms with Crippen molar-refractivity contribution in [2.24, 2.45) is 5.92 Å². The predicted octanol–water partition coefficient (Wildman–Crippen LogP) is 1.65. The minimum Gasteiger partial charge on any atom is -0.387 e. The maximum absolute atomic E-state index is 12.2. The number of β-amino-alcohol motifs (C(OH)–C–C–N with tert-alkyl or cyclic N) is 1. The van der Waals surface area contributed by atoms with E-state index in [1.54, 1.807) is 6.92 Å². The summed E-state index contributed by atoms with van der Waals surface area (Å²) in [5.41, 5.74) is 2.35. The van der Waals surface area contributed by atoms with Gasteiger partial charge in [-0.1, -0.05) is 29.3 Å². The number of aryl methyl sites for hydroxylation is 2. The number of rotatable bonds is 4. The maximum atomic E-state index is 12.2. The molecule has 0 saturated carbocycles. The molecular formula is C19H27N3O3. The number of carbonyl (C=O) groups excluding carboxylic acids is 2. The van der Waals surface area contributed by atoms with Crippen LogP contribution in [0.3, 0.4) is 0 Å². The molecule has 136 valence electrons. The average molecular weight is 345 g/mol. The second-order valence-corrected chi connectivity index (χ2v) is 7.65. The highest BCUT2D eigenvalue weighted by molar-refractivity contribution is 6.06. The molecule has 2 saturated heterocycles. The van der Waals surface area contributed by atoms with E-state index in [1.165, 1.54) is 0 Å². The first-order valence-corrected chi connectivity index (χ1v) is 8.90. The van der Waals surface area contributed by atoms with Gasteiger partial charge in [0.2, 0.25) is 0 Å². The molecule has 0 spiro atoms. The zero-order valence-corrected chi connectivity index (χ0v) is 15.1. The number of amides is 3. The molecule has 2 fully saturated rings. The zero-order chi connectivity index (χ0) is 18.2. The van der Waals surface area contributed by atoms with Gasteiger partial charge in [0.25, 0.3) is 5.91 Å². The Morgan fingerprint density at radius 3 is 2.56 bits per heavy atom. The largest absolute Gasteiger partial charge is 0.387 e. The number of nitrogens with one attached hydrogen (secondary N) is 2. The Balaban J connectivity index is 1.67. The van der Waals surface area contributed by atoms with Crippen molar-refractivity contribution in [2.45, 2.75) is 45.3 Å². The third-order valence-corrected chi connectivity index (χ3v) is 5.45. The van der Waals surface area contributed by atoms with Gasteiger partial charge in [-0.25, -0.2) is 4.79 Å². The molecule has 2 heterocycles. The van der Waals surface area contributed by atoms with Gasteiger partial charge in [-0.05, 0) is 45.7 Å². The molecular weight excluding hydrogens is 318 g/mol. The first-order valence-electron chi connectivity index (χ1n) is 8.90. The molecule has 25 heavy (non-hydrogen) atoms. The van der Waals surface area contributed by atoms with Crippen LogP contribution in [0, 0.1) is 19.8 Å². The number of imide groups is 1. The Hall–Kier alpha value is -1.92. The minimum atomic E-state index is -0.860. The molecule has 6 nitrogen and oxygen atoms in total. The molecule has 3 N–H and O–H groups in total. The van der Waals surface area contributed by atoms with Crippen LogP contribution in [0.15, 0.2) is 18.2 Å². The highest BCUT2D eigenvalue weighted by atomic mass is 16.3. The van der Waals surface area contributed by atoms with Gasteiger partial charge in [0.05, 0.1) is 6.10 Å². The SMILES string of the molecule is Cc1cc(C)cc(C(O)CN2CCCC(C3(C)NC(=O)NC3=O)C2)c1.